The van der Waals surface area contributed by atoms with Gasteiger partial charge in [0.15, 0.2) is 0 Å². The van der Waals surface area contributed by atoms with Crippen LogP contribution in [0.1, 0.15) is 18.4 Å². The lowest BCUT2D eigenvalue weighted by atomic mass is 10.0. The highest BCUT2D eigenvalue weighted by atomic mass is 19.1. The van der Waals surface area contributed by atoms with Crippen molar-refractivity contribution in [1.29, 1.82) is 0 Å². The molecule has 2 rings (SSSR count). The smallest absolute Gasteiger partial charge is 0.146 e. The predicted molar refractivity (Wildman–Crippen MR) is 71.2 cm³/mol. The fraction of sp³-hybridized carbons (Fsp3) is 0.571. The van der Waals surface area contributed by atoms with Crippen LogP contribution >= 0.6 is 0 Å². The molecule has 3 nitrogen and oxygen atoms in total. The van der Waals surface area contributed by atoms with Crippen molar-refractivity contribution in [2.45, 2.75) is 25.5 Å². The van der Waals surface area contributed by atoms with E-state index in [9.17, 15) is 4.39 Å². The molecule has 0 aromatic heterocycles. The van der Waals surface area contributed by atoms with Crippen molar-refractivity contribution in [3.63, 3.8) is 0 Å². The molecule has 1 heterocycles. The molecule has 0 bridgehead atoms. The normalized spacial score (nSPS) is 21.0. The maximum absolute atomic E-state index is 14.0. The Bertz CT molecular complexity index is 411. The number of halogens is 1. The second kappa shape index (κ2) is 5.67. The molecule has 0 amide bonds. The molecule has 0 saturated carbocycles. The lowest BCUT2D eigenvalue weighted by Crippen LogP contribution is -2.45. The molecular formula is C14H21FN2O. The van der Waals surface area contributed by atoms with Crippen molar-refractivity contribution in [2.24, 2.45) is 0 Å². The van der Waals surface area contributed by atoms with Gasteiger partial charge in [0.2, 0.25) is 0 Å². The van der Waals surface area contributed by atoms with Crippen LogP contribution in [0.4, 0.5) is 10.1 Å². The Labute approximate surface area is 108 Å². The van der Waals surface area contributed by atoms with Gasteiger partial charge in [-0.3, -0.25) is 0 Å². The number of piperidine rings is 1. The van der Waals surface area contributed by atoms with Gasteiger partial charge < -0.3 is 14.9 Å². The zero-order valence-electron chi connectivity index (χ0n) is 11.1. The van der Waals surface area contributed by atoms with Crippen molar-refractivity contribution in [1.82, 2.24) is 4.90 Å². The van der Waals surface area contributed by atoms with Crippen LogP contribution in [0.15, 0.2) is 18.2 Å². The Balaban J connectivity index is 2.15. The van der Waals surface area contributed by atoms with Crippen LogP contribution in [0.5, 0.6) is 0 Å². The molecule has 1 atom stereocenters. The number of nitrogens with zero attached hydrogens (tertiary/aromatic N) is 2. The van der Waals surface area contributed by atoms with Gasteiger partial charge >= 0.3 is 0 Å². The third kappa shape index (κ3) is 2.82. The fourth-order valence-corrected chi connectivity index (χ4v) is 2.59. The van der Waals surface area contributed by atoms with Gasteiger partial charge in [-0.25, -0.2) is 4.39 Å². The molecule has 1 aliphatic heterocycles. The van der Waals surface area contributed by atoms with Crippen molar-refractivity contribution in [3.05, 3.63) is 29.6 Å². The highest BCUT2D eigenvalue weighted by Crippen LogP contribution is 2.24. The number of benzene rings is 1. The average molecular weight is 252 g/mol. The fourth-order valence-electron chi connectivity index (χ4n) is 2.59. The third-order valence-electron chi connectivity index (χ3n) is 3.72. The Morgan fingerprint density at radius 3 is 2.89 bits per heavy atom. The van der Waals surface area contributed by atoms with Gasteiger partial charge in [0, 0.05) is 19.6 Å². The molecule has 100 valence electrons. The van der Waals surface area contributed by atoms with Gasteiger partial charge in [-0.1, -0.05) is 6.07 Å². The first kappa shape index (κ1) is 13.3. The summed E-state index contributed by atoms with van der Waals surface area (Å²) in [4.78, 5) is 4.30. The first-order chi connectivity index (χ1) is 8.61. The summed E-state index contributed by atoms with van der Waals surface area (Å²) in [5.41, 5.74) is 1.23. The van der Waals surface area contributed by atoms with Crippen LogP contribution in [0.2, 0.25) is 0 Å². The van der Waals surface area contributed by atoms with Gasteiger partial charge in [-0.2, -0.15) is 0 Å². The molecule has 1 aromatic rings. The number of hydrogen-bond acceptors (Lipinski definition) is 3. The molecule has 18 heavy (non-hydrogen) atoms. The van der Waals surface area contributed by atoms with Crippen LogP contribution < -0.4 is 4.90 Å². The van der Waals surface area contributed by atoms with E-state index < -0.39 is 0 Å². The van der Waals surface area contributed by atoms with E-state index in [-0.39, 0.29) is 12.4 Å². The summed E-state index contributed by atoms with van der Waals surface area (Å²) in [6.45, 7) is 1.97. The van der Waals surface area contributed by atoms with E-state index in [2.05, 4.69) is 11.9 Å². The second-order valence-electron chi connectivity index (χ2n) is 5.11. The molecule has 1 aliphatic rings. The highest BCUT2D eigenvalue weighted by molar-refractivity contribution is 5.49. The van der Waals surface area contributed by atoms with Crippen LogP contribution in [0.25, 0.3) is 0 Å². The second-order valence-corrected chi connectivity index (χ2v) is 5.11. The van der Waals surface area contributed by atoms with Gasteiger partial charge in [-0.15, -0.1) is 0 Å². The average Bonchev–Trinajstić information content (AvgIpc) is 2.37. The SMILES string of the molecule is CN1CCCC(N(C)c2ccc(CO)cc2F)C1. The van der Waals surface area contributed by atoms with Gasteiger partial charge in [0.05, 0.1) is 12.3 Å². The minimum Gasteiger partial charge on any atom is -0.392 e. The summed E-state index contributed by atoms with van der Waals surface area (Å²) < 4.78 is 14.0. The highest BCUT2D eigenvalue weighted by Gasteiger charge is 2.22. The molecule has 1 unspecified atom stereocenters. The summed E-state index contributed by atoms with van der Waals surface area (Å²) in [5.74, 6) is -0.253. The number of aliphatic hydroxyl groups is 1. The predicted octanol–water partition coefficient (Wildman–Crippen LogP) is 1.85. The molecule has 4 heteroatoms. The zero-order valence-corrected chi connectivity index (χ0v) is 11.1. The summed E-state index contributed by atoms with van der Waals surface area (Å²) in [6.07, 6.45) is 2.25. The molecule has 1 aromatic carbocycles. The van der Waals surface area contributed by atoms with Crippen LogP contribution in [0.3, 0.4) is 0 Å². The zero-order chi connectivity index (χ0) is 13.1. The quantitative estimate of drug-likeness (QED) is 0.889. The molecule has 0 radical (unpaired) electrons. The Morgan fingerprint density at radius 2 is 2.28 bits per heavy atom. The van der Waals surface area contributed by atoms with Gasteiger partial charge in [-0.05, 0) is 44.1 Å². The van der Waals surface area contributed by atoms with E-state index in [1.165, 1.54) is 6.07 Å². The van der Waals surface area contributed by atoms with E-state index in [0.717, 1.165) is 25.9 Å². The van der Waals surface area contributed by atoms with Crippen LogP contribution in [-0.2, 0) is 6.61 Å². The Morgan fingerprint density at radius 1 is 1.50 bits per heavy atom. The van der Waals surface area contributed by atoms with Crippen LogP contribution in [0, 0.1) is 5.82 Å². The summed E-state index contributed by atoms with van der Waals surface area (Å²) in [6, 6.07) is 5.31. The van der Waals surface area contributed by atoms with E-state index >= 15 is 0 Å². The maximum atomic E-state index is 14.0. The summed E-state index contributed by atoms with van der Waals surface area (Å²) in [7, 11) is 4.05. The van der Waals surface area contributed by atoms with E-state index in [4.69, 9.17) is 5.11 Å². The van der Waals surface area contributed by atoms with Crippen molar-refractivity contribution in [2.75, 3.05) is 32.1 Å². The Kier molecular flexibility index (Phi) is 4.19. The number of rotatable bonds is 3. The number of likely N-dealkylation sites (tertiary alicyclic amines) is 1. The molecular weight excluding hydrogens is 231 g/mol. The van der Waals surface area contributed by atoms with Crippen molar-refractivity contribution >= 4 is 5.69 Å². The molecule has 0 spiro atoms. The number of likely N-dealkylation sites (N-methyl/N-ethyl adjacent to an activating group) is 2. The number of anilines is 1. The van der Waals surface area contributed by atoms with Gasteiger partial charge in [0.1, 0.15) is 5.82 Å². The summed E-state index contributed by atoms with van der Waals surface area (Å²) >= 11 is 0. The molecule has 1 fully saturated rings. The Hall–Kier alpha value is -1.13. The molecule has 0 aliphatic carbocycles. The van der Waals surface area contributed by atoms with E-state index in [1.807, 2.05) is 11.9 Å². The standard InChI is InChI=1S/C14H21FN2O/c1-16-7-3-4-12(9-16)17(2)14-6-5-11(10-18)8-13(14)15/h5-6,8,12,18H,3-4,7,9-10H2,1-2H3. The number of aliphatic hydroxyl groups excluding tert-OH is 1. The lowest BCUT2D eigenvalue weighted by Gasteiger charge is -2.37. The van der Waals surface area contributed by atoms with Gasteiger partial charge in [0.25, 0.3) is 0 Å². The minimum absolute atomic E-state index is 0.118. The lowest BCUT2D eigenvalue weighted by molar-refractivity contribution is 0.247. The van der Waals surface area contributed by atoms with Crippen molar-refractivity contribution < 1.29 is 9.50 Å². The molecule has 1 N–H and O–H groups in total. The van der Waals surface area contributed by atoms with E-state index in [0.29, 0.717) is 17.3 Å². The van der Waals surface area contributed by atoms with E-state index in [1.54, 1.807) is 12.1 Å². The number of hydrogen-bond donors (Lipinski definition) is 1. The molecule has 1 saturated heterocycles. The van der Waals surface area contributed by atoms with Crippen molar-refractivity contribution in [3.8, 4) is 0 Å². The van der Waals surface area contributed by atoms with Crippen LogP contribution in [-0.4, -0.2) is 43.2 Å². The first-order valence-electron chi connectivity index (χ1n) is 6.42. The first-order valence-corrected chi connectivity index (χ1v) is 6.42. The largest absolute Gasteiger partial charge is 0.392 e. The summed E-state index contributed by atoms with van der Waals surface area (Å²) in [5, 5.41) is 8.99. The third-order valence-corrected chi connectivity index (χ3v) is 3.72. The topological polar surface area (TPSA) is 26.7 Å². The maximum Gasteiger partial charge on any atom is 0.146 e. The monoisotopic (exact) mass is 252 g/mol. The minimum atomic E-state index is -0.253.